The fourth-order valence-corrected chi connectivity index (χ4v) is 3.98. The SMILES string of the molecule is CC(C)(N)CNC1C2C3CCC(C3)C12. The van der Waals surface area contributed by atoms with Crippen molar-refractivity contribution in [2.24, 2.45) is 29.4 Å². The monoisotopic (exact) mass is 194 g/mol. The molecule has 0 heterocycles. The van der Waals surface area contributed by atoms with Gasteiger partial charge in [-0.05, 0) is 56.8 Å². The molecule has 0 aromatic carbocycles. The second-order valence-electron chi connectivity index (χ2n) is 6.38. The highest BCUT2D eigenvalue weighted by atomic mass is 15.0. The lowest BCUT2D eigenvalue weighted by Gasteiger charge is -2.20. The van der Waals surface area contributed by atoms with Crippen LogP contribution in [0.1, 0.15) is 33.1 Å². The molecule has 4 unspecified atom stereocenters. The van der Waals surface area contributed by atoms with Crippen molar-refractivity contribution >= 4 is 0 Å². The number of hydrogen-bond acceptors (Lipinski definition) is 2. The molecule has 3 N–H and O–H groups in total. The molecule has 3 saturated carbocycles. The molecular weight excluding hydrogens is 172 g/mol. The molecule has 2 nitrogen and oxygen atoms in total. The Morgan fingerprint density at radius 1 is 1.21 bits per heavy atom. The molecular formula is C12H22N2. The average molecular weight is 194 g/mol. The van der Waals surface area contributed by atoms with Gasteiger partial charge in [0.15, 0.2) is 0 Å². The molecule has 0 radical (unpaired) electrons. The normalized spacial score (nSPS) is 49.5. The van der Waals surface area contributed by atoms with E-state index in [1.807, 2.05) is 0 Å². The van der Waals surface area contributed by atoms with Gasteiger partial charge in [0, 0.05) is 18.1 Å². The number of rotatable bonds is 3. The minimum Gasteiger partial charge on any atom is -0.324 e. The Bertz CT molecular complexity index is 227. The lowest BCUT2D eigenvalue weighted by molar-refractivity contribution is 0.410. The van der Waals surface area contributed by atoms with Gasteiger partial charge in [-0.1, -0.05) is 0 Å². The van der Waals surface area contributed by atoms with Crippen LogP contribution in [0.2, 0.25) is 0 Å². The molecule has 2 heteroatoms. The van der Waals surface area contributed by atoms with Crippen LogP contribution in [0.4, 0.5) is 0 Å². The van der Waals surface area contributed by atoms with E-state index < -0.39 is 0 Å². The summed E-state index contributed by atoms with van der Waals surface area (Å²) in [7, 11) is 0. The minimum absolute atomic E-state index is 0.0457. The minimum atomic E-state index is -0.0457. The summed E-state index contributed by atoms with van der Waals surface area (Å²) in [6.45, 7) is 5.18. The second-order valence-corrected chi connectivity index (χ2v) is 6.38. The van der Waals surface area contributed by atoms with Gasteiger partial charge in [0.2, 0.25) is 0 Å². The topological polar surface area (TPSA) is 38.0 Å². The summed E-state index contributed by atoms with van der Waals surface area (Å²) in [6, 6.07) is 0.837. The van der Waals surface area contributed by atoms with Crippen LogP contribution in [0.5, 0.6) is 0 Å². The van der Waals surface area contributed by atoms with E-state index in [0.29, 0.717) is 0 Å². The molecule has 0 aliphatic heterocycles. The van der Waals surface area contributed by atoms with Crippen molar-refractivity contribution in [3.8, 4) is 0 Å². The van der Waals surface area contributed by atoms with Gasteiger partial charge in [-0.25, -0.2) is 0 Å². The predicted molar refractivity (Wildman–Crippen MR) is 57.9 cm³/mol. The number of nitrogens with two attached hydrogens (primary N) is 1. The van der Waals surface area contributed by atoms with E-state index in [-0.39, 0.29) is 5.54 Å². The maximum atomic E-state index is 5.98. The van der Waals surface area contributed by atoms with Crippen molar-refractivity contribution < 1.29 is 0 Å². The van der Waals surface area contributed by atoms with Crippen molar-refractivity contribution in [3.05, 3.63) is 0 Å². The molecule has 3 rings (SSSR count). The van der Waals surface area contributed by atoms with Crippen molar-refractivity contribution in [1.82, 2.24) is 5.32 Å². The first-order valence-corrected chi connectivity index (χ1v) is 6.08. The van der Waals surface area contributed by atoms with Gasteiger partial charge in [-0.2, -0.15) is 0 Å². The van der Waals surface area contributed by atoms with Gasteiger partial charge in [0.25, 0.3) is 0 Å². The average Bonchev–Trinajstić information content (AvgIpc) is 2.50. The van der Waals surface area contributed by atoms with E-state index in [1.54, 1.807) is 6.42 Å². The molecule has 3 fully saturated rings. The maximum absolute atomic E-state index is 5.98. The third-order valence-electron chi connectivity index (χ3n) is 4.53. The van der Waals surface area contributed by atoms with Gasteiger partial charge in [0.05, 0.1) is 0 Å². The van der Waals surface area contributed by atoms with E-state index in [1.165, 1.54) is 12.8 Å². The van der Waals surface area contributed by atoms with E-state index in [4.69, 9.17) is 5.73 Å². The van der Waals surface area contributed by atoms with Gasteiger partial charge < -0.3 is 11.1 Å². The molecule has 2 bridgehead atoms. The van der Waals surface area contributed by atoms with Gasteiger partial charge in [0.1, 0.15) is 0 Å². The number of nitrogens with one attached hydrogen (secondary N) is 1. The summed E-state index contributed by atoms with van der Waals surface area (Å²) in [5.41, 5.74) is 5.94. The van der Waals surface area contributed by atoms with Crippen LogP contribution < -0.4 is 11.1 Å². The highest BCUT2D eigenvalue weighted by molar-refractivity contribution is 5.17. The zero-order valence-electron chi connectivity index (χ0n) is 9.29. The van der Waals surface area contributed by atoms with Crippen LogP contribution in [0, 0.1) is 23.7 Å². The highest BCUT2D eigenvalue weighted by Gasteiger charge is 2.64. The second kappa shape index (κ2) is 2.73. The Hall–Kier alpha value is -0.0800. The molecule has 3 aliphatic carbocycles. The summed E-state index contributed by atoms with van der Waals surface area (Å²) >= 11 is 0. The third kappa shape index (κ3) is 1.31. The number of fused-ring (bicyclic) bond motifs is 5. The Kier molecular flexibility index (Phi) is 1.79. The molecule has 4 atom stereocenters. The summed E-state index contributed by atoms with van der Waals surface area (Å²) < 4.78 is 0. The first kappa shape index (κ1) is 9.17. The van der Waals surface area contributed by atoms with E-state index in [0.717, 1.165) is 36.3 Å². The Morgan fingerprint density at radius 3 is 2.29 bits per heavy atom. The smallest absolute Gasteiger partial charge is 0.0223 e. The van der Waals surface area contributed by atoms with Crippen LogP contribution >= 0.6 is 0 Å². The first-order chi connectivity index (χ1) is 6.56. The molecule has 0 saturated heterocycles. The van der Waals surface area contributed by atoms with Crippen molar-refractivity contribution in [1.29, 1.82) is 0 Å². The zero-order valence-corrected chi connectivity index (χ0v) is 9.29. The van der Waals surface area contributed by atoms with Crippen LogP contribution in [-0.2, 0) is 0 Å². The van der Waals surface area contributed by atoms with Gasteiger partial charge >= 0.3 is 0 Å². The lowest BCUT2D eigenvalue weighted by atomic mass is 10.0. The number of hydrogen-bond donors (Lipinski definition) is 2. The molecule has 0 aromatic heterocycles. The van der Waals surface area contributed by atoms with Crippen LogP contribution in [-0.4, -0.2) is 18.1 Å². The van der Waals surface area contributed by atoms with Crippen LogP contribution in [0.15, 0.2) is 0 Å². The fraction of sp³-hybridized carbons (Fsp3) is 1.00. The summed E-state index contributed by atoms with van der Waals surface area (Å²) in [4.78, 5) is 0. The van der Waals surface area contributed by atoms with E-state index >= 15 is 0 Å². The Labute approximate surface area is 86.6 Å². The standard InChI is InChI=1S/C12H22N2/c1-12(2,13)6-14-11-9-7-3-4-8(5-7)10(9)11/h7-11,14H,3-6,13H2,1-2H3. The predicted octanol–water partition coefficient (Wildman–Crippen LogP) is 1.36. The summed E-state index contributed by atoms with van der Waals surface area (Å²) in [5, 5.41) is 3.67. The highest BCUT2D eigenvalue weighted by Crippen LogP contribution is 2.65. The molecule has 14 heavy (non-hydrogen) atoms. The Morgan fingerprint density at radius 2 is 1.79 bits per heavy atom. The summed E-state index contributed by atoms with van der Waals surface area (Å²) in [5.74, 6) is 4.22. The maximum Gasteiger partial charge on any atom is 0.0223 e. The van der Waals surface area contributed by atoms with Crippen LogP contribution in [0.25, 0.3) is 0 Å². The van der Waals surface area contributed by atoms with Gasteiger partial charge in [-0.3, -0.25) is 0 Å². The fourth-order valence-electron chi connectivity index (χ4n) is 3.98. The lowest BCUT2D eigenvalue weighted by Crippen LogP contribution is -2.44. The molecule has 0 spiro atoms. The van der Waals surface area contributed by atoms with Crippen molar-refractivity contribution in [2.45, 2.75) is 44.7 Å². The van der Waals surface area contributed by atoms with Crippen molar-refractivity contribution in [3.63, 3.8) is 0 Å². The largest absolute Gasteiger partial charge is 0.324 e. The summed E-state index contributed by atoms with van der Waals surface area (Å²) in [6.07, 6.45) is 4.56. The zero-order chi connectivity index (χ0) is 9.92. The Balaban J connectivity index is 1.55. The van der Waals surface area contributed by atoms with E-state index in [2.05, 4.69) is 19.2 Å². The first-order valence-electron chi connectivity index (χ1n) is 6.08. The molecule has 3 aliphatic rings. The molecule has 0 amide bonds. The molecule has 80 valence electrons. The quantitative estimate of drug-likeness (QED) is 0.712. The molecule has 0 aromatic rings. The van der Waals surface area contributed by atoms with E-state index in [9.17, 15) is 0 Å². The van der Waals surface area contributed by atoms with Crippen molar-refractivity contribution in [2.75, 3.05) is 6.54 Å². The third-order valence-corrected chi connectivity index (χ3v) is 4.53. The van der Waals surface area contributed by atoms with Gasteiger partial charge in [-0.15, -0.1) is 0 Å². The van der Waals surface area contributed by atoms with Crippen LogP contribution in [0.3, 0.4) is 0 Å².